The third kappa shape index (κ3) is 1.80. The minimum absolute atomic E-state index is 0. The Balaban J connectivity index is 0.00000121. The molecule has 1 saturated carbocycles. The fraction of sp³-hybridized carbons (Fsp3) is 1.00. The molecule has 12 heavy (non-hydrogen) atoms. The van der Waals surface area contributed by atoms with Crippen molar-refractivity contribution < 1.29 is 5.11 Å². The van der Waals surface area contributed by atoms with E-state index in [9.17, 15) is 5.11 Å². The standard InChI is InChI=1S/C10H20O.H3N/c1-4-9(2)7-5-6-8-10(9,3)11;/h11H,4-8H2,1-3H3;1H3. The maximum atomic E-state index is 10.1. The summed E-state index contributed by atoms with van der Waals surface area (Å²) in [7, 11) is 0. The molecule has 0 radical (unpaired) electrons. The average Bonchev–Trinajstić information content (AvgIpc) is 1.95. The first-order chi connectivity index (χ1) is 5.02. The normalized spacial score (nSPS) is 42.0. The predicted molar refractivity (Wildman–Crippen MR) is 52.5 cm³/mol. The summed E-state index contributed by atoms with van der Waals surface area (Å²) in [5.74, 6) is 0. The van der Waals surface area contributed by atoms with Crippen LogP contribution in [0.1, 0.15) is 52.9 Å². The van der Waals surface area contributed by atoms with Gasteiger partial charge in [-0.05, 0) is 31.6 Å². The molecule has 0 aromatic heterocycles. The van der Waals surface area contributed by atoms with Gasteiger partial charge in [-0.15, -0.1) is 0 Å². The van der Waals surface area contributed by atoms with Crippen molar-refractivity contribution >= 4 is 0 Å². The molecular weight excluding hydrogens is 150 g/mol. The topological polar surface area (TPSA) is 55.2 Å². The fourth-order valence-corrected chi connectivity index (χ4v) is 2.11. The smallest absolute Gasteiger partial charge is 0.0673 e. The van der Waals surface area contributed by atoms with Gasteiger partial charge in [0, 0.05) is 0 Å². The molecule has 0 aliphatic heterocycles. The Hall–Kier alpha value is -0.0800. The van der Waals surface area contributed by atoms with E-state index >= 15 is 0 Å². The summed E-state index contributed by atoms with van der Waals surface area (Å²) in [6.45, 7) is 6.39. The molecule has 1 fully saturated rings. The number of hydrogen-bond acceptors (Lipinski definition) is 2. The van der Waals surface area contributed by atoms with Crippen molar-refractivity contribution in [2.75, 3.05) is 0 Å². The minimum Gasteiger partial charge on any atom is -0.390 e. The molecule has 74 valence electrons. The molecule has 0 spiro atoms. The molecule has 2 atom stereocenters. The Morgan fingerprint density at radius 2 is 1.67 bits per heavy atom. The van der Waals surface area contributed by atoms with Gasteiger partial charge in [0.2, 0.25) is 0 Å². The van der Waals surface area contributed by atoms with Crippen LogP contribution in [-0.4, -0.2) is 10.7 Å². The van der Waals surface area contributed by atoms with E-state index in [4.69, 9.17) is 0 Å². The summed E-state index contributed by atoms with van der Waals surface area (Å²) in [4.78, 5) is 0. The van der Waals surface area contributed by atoms with Crippen LogP contribution in [0.4, 0.5) is 0 Å². The lowest BCUT2D eigenvalue weighted by Crippen LogP contribution is -2.45. The molecule has 0 amide bonds. The molecule has 1 rings (SSSR count). The van der Waals surface area contributed by atoms with Crippen molar-refractivity contribution in [3.05, 3.63) is 0 Å². The lowest BCUT2D eigenvalue weighted by Gasteiger charge is -2.46. The van der Waals surface area contributed by atoms with E-state index < -0.39 is 5.60 Å². The molecule has 2 unspecified atom stereocenters. The van der Waals surface area contributed by atoms with Crippen molar-refractivity contribution in [1.29, 1.82) is 0 Å². The summed E-state index contributed by atoms with van der Waals surface area (Å²) in [5.41, 5.74) is -0.245. The summed E-state index contributed by atoms with van der Waals surface area (Å²) in [6.07, 6.45) is 5.76. The quantitative estimate of drug-likeness (QED) is 0.640. The Morgan fingerprint density at radius 1 is 1.17 bits per heavy atom. The SMILES string of the molecule is CCC1(C)CCCCC1(C)O.N. The van der Waals surface area contributed by atoms with E-state index in [-0.39, 0.29) is 11.6 Å². The molecule has 0 heterocycles. The fourth-order valence-electron chi connectivity index (χ4n) is 2.11. The Kier molecular flexibility index (Phi) is 3.73. The number of aliphatic hydroxyl groups is 1. The van der Waals surface area contributed by atoms with E-state index in [2.05, 4.69) is 13.8 Å². The molecule has 0 bridgehead atoms. The van der Waals surface area contributed by atoms with Crippen LogP contribution in [0.2, 0.25) is 0 Å². The van der Waals surface area contributed by atoms with Gasteiger partial charge >= 0.3 is 0 Å². The Labute approximate surface area is 75.9 Å². The first-order valence-electron chi connectivity index (χ1n) is 4.74. The molecule has 2 heteroatoms. The highest BCUT2D eigenvalue weighted by Gasteiger charge is 2.43. The number of rotatable bonds is 1. The maximum Gasteiger partial charge on any atom is 0.0673 e. The van der Waals surface area contributed by atoms with E-state index in [0.717, 1.165) is 12.8 Å². The number of hydrogen-bond donors (Lipinski definition) is 2. The van der Waals surface area contributed by atoms with E-state index in [1.54, 1.807) is 0 Å². The highest BCUT2D eigenvalue weighted by atomic mass is 16.3. The van der Waals surface area contributed by atoms with Crippen molar-refractivity contribution in [1.82, 2.24) is 6.15 Å². The third-order valence-corrected chi connectivity index (χ3v) is 3.72. The van der Waals surface area contributed by atoms with Gasteiger partial charge in [-0.1, -0.05) is 26.7 Å². The first kappa shape index (κ1) is 11.9. The van der Waals surface area contributed by atoms with Gasteiger partial charge in [0.1, 0.15) is 0 Å². The average molecular weight is 173 g/mol. The minimum atomic E-state index is -0.417. The second-order valence-corrected chi connectivity index (χ2v) is 4.40. The lowest BCUT2D eigenvalue weighted by molar-refractivity contribution is -0.0932. The van der Waals surface area contributed by atoms with Crippen molar-refractivity contribution in [2.24, 2.45) is 5.41 Å². The van der Waals surface area contributed by atoms with Gasteiger partial charge in [0.25, 0.3) is 0 Å². The van der Waals surface area contributed by atoms with Crippen LogP contribution in [0, 0.1) is 5.41 Å². The van der Waals surface area contributed by atoms with Gasteiger partial charge in [-0.3, -0.25) is 0 Å². The Morgan fingerprint density at radius 3 is 2.00 bits per heavy atom. The summed E-state index contributed by atoms with van der Waals surface area (Å²) >= 11 is 0. The molecule has 1 aliphatic carbocycles. The molecular formula is C10H23NO. The highest BCUT2D eigenvalue weighted by molar-refractivity contribution is 4.94. The largest absolute Gasteiger partial charge is 0.390 e. The van der Waals surface area contributed by atoms with Crippen LogP contribution in [0.15, 0.2) is 0 Å². The zero-order valence-electron chi connectivity index (χ0n) is 8.69. The van der Waals surface area contributed by atoms with Crippen LogP contribution in [0.3, 0.4) is 0 Å². The third-order valence-electron chi connectivity index (χ3n) is 3.72. The van der Waals surface area contributed by atoms with Gasteiger partial charge in [0.05, 0.1) is 5.60 Å². The molecule has 2 nitrogen and oxygen atoms in total. The maximum absolute atomic E-state index is 10.1. The van der Waals surface area contributed by atoms with Crippen LogP contribution in [-0.2, 0) is 0 Å². The van der Waals surface area contributed by atoms with E-state index in [1.165, 1.54) is 19.3 Å². The van der Waals surface area contributed by atoms with E-state index in [1.807, 2.05) is 6.92 Å². The lowest BCUT2D eigenvalue weighted by atomic mass is 9.64. The first-order valence-corrected chi connectivity index (χ1v) is 4.74. The molecule has 0 aromatic rings. The van der Waals surface area contributed by atoms with E-state index in [0.29, 0.717) is 0 Å². The van der Waals surface area contributed by atoms with Crippen molar-refractivity contribution in [2.45, 2.75) is 58.5 Å². The predicted octanol–water partition coefficient (Wildman–Crippen LogP) is 2.89. The zero-order chi connectivity index (χ0) is 8.54. The van der Waals surface area contributed by atoms with Crippen LogP contribution < -0.4 is 6.15 Å². The molecule has 0 saturated heterocycles. The van der Waals surface area contributed by atoms with Gasteiger partial charge < -0.3 is 11.3 Å². The monoisotopic (exact) mass is 173 g/mol. The van der Waals surface area contributed by atoms with Gasteiger partial charge in [-0.2, -0.15) is 0 Å². The second kappa shape index (κ2) is 3.75. The molecule has 4 N–H and O–H groups in total. The summed E-state index contributed by atoms with van der Waals surface area (Å²) in [6, 6.07) is 0. The van der Waals surface area contributed by atoms with Crippen molar-refractivity contribution in [3.8, 4) is 0 Å². The van der Waals surface area contributed by atoms with Crippen LogP contribution in [0.25, 0.3) is 0 Å². The summed E-state index contributed by atoms with van der Waals surface area (Å²) in [5, 5.41) is 10.1. The zero-order valence-corrected chi connectivity index (χ0v) is 8.69. The van der Waals surface area contributed by atoms with Crippen LogP contribution in [0.5, 0.6) is 0 Å². The Bertz CT molecular complexity index is 145. The molecule has 0 aromatic carbocycles. The summed E-state index contributed by atoms with van der Waals surface area (Å²) < 4.78 is 0. The van der Waals surface area contributed by atoms with Crippen LogP contribution >= 0.6 is 0 Å². The molecule has 1 aliphatic rings. The van der Waals surface area contributed by atoms with Crippen molar-refractivity contribution in [3.63, 3.8) is 0 Å². The van der Waals surface area contributed by atoms with Gasteiger partial charge in [-0.25, -0.2) is 0 Å². The second-order valence-electron chi connectivity index (χ2n) is 4.40. The van der Waals surface area contributed by atoms with Gasteiger partial charge in [0.15, 0.2) is 0 Å². The highest BCUT2D eigenvalue weighted by Crippen LogP contribution is 2.45.